The molecule has 6 nitrogen and oxygen atoms in total. The van der Waals surface area contributed by atoms with Gasteiger partial charge < -0.3 is 14.1 Å². The summed E-state index contributed by atoms with van der Waals surface area (Å²) in [6, 6.07) is 3.39. The van der Waals surface area contributed by atoms with Gasteiger partial charge >= 0.3 is 0 Å². The molecule has 0 bridgehead atoms. The summed E-state index contributed by atoms with van der Waals surface area (Å²) in [5.74, 6) is 0.761. The number of likely N-dealkylation sites (tertiary alicyclic amines) is 1. The predicted molar refractivity (Wildman–Crippen MR) is 70.3 cm³/mol. The van der Waals surface area contributed by atoms with Crippen LogP contribution in [0.15, 0.2) is 41.4 Å². The fraction of sp³-hybridized carbons (Fsp3) is 0.357. The molecule has 0 radical (unpaired) electrons. The number of carbonyl (C=O) groups excluding carboxylic acids is 1. The van der Waals surface area contributed by atoms with Crippen molar-refractivity contribution in [2.45, 2.75) is 18.9 Å². The normalized spacial score (nSPS) is 18.8. The molecule has 1 aliphatic rings. The summed E-state index contributed by atoms with van der Waals surface area (Å²) in [6.45, 7) is 1.26. The number of rotatable bonds is 3. The van der Waals surface area contributed by atoms with Crippen LogP contribution >= 0.6 is 0 Å². The van der Waals surface area contributed by atoms with Crippen molar-refractivity contribution in [1.29, 1.82) is 0 Å². The van der Waals surface area contributed by atoms with Gasteiger partial charge in [0.1, 0.15) is 6.10 Å². The Balaban J connectivity index is 1.63. The van der Waals surface area contributed by atoms with Crippen LogP contribution in [0.4, 0.5) is 0 Å². The first-order valence-electron chi connectivity index (χ1n) is 6.58. The van der Waals surface area contributed by atoms with Gasteiger partial charge in [0.05, 0.1) is 19.0 Å². The number of hydrogen-bond donors (Lipinski definition) is 0. The molecule has 2 aromatic rings. The van der Waals surface area contributed by atoms with Crippen LogP contribution in [0.5, 0.6) is 5.88 Å². The largest absolute Gasteiger partial charge is 0.471 e. The third kappa shape index (κ3) is 2.79. The van der Waals surface area contributed by atoms with Gasteiger partial charge in [-0.2, -0.15) is 0 Å². The third-order valence-corrected chi connectivity index (χ3v) is 3.22. The van der Waals surface area contributed by atoms with Crippen molar-refractivity contribution in [2.24, 2.45) is 0 Å². The first-order valence-corrected chi connectivity index (χ1v) is 6.58. The van der Waals surface area contributed by atoms with Crippen molar-refractivity contribution in [3.8, 4) is 5.88 Å². The van der Waals surface area contributed by atoms with Crippen LogP contribution in [0.3, 0.4) is 0 Å². The molecular weight excluding hydrogens is 258 g/mol. The Morgan fingerprint density at radius 3 is 3.15 bits per heavy atom. The van der Waals surface area contributed by atoms with Gasteiger partial charge in [0, 0.05) is 18.9 Å². The maximum atomic E-state index is 12.2. The predicted octanol–water partition coefficient (Wildman–Crippen LogP) is 1.75. The molecule has 0 unspecified atom stereocenters. The number of carbonyl (C=O) groups is 1. The van der Waals surface area contributed by atoms with E-state index in [2.05, 4.69) is 9.97 Å². The zero-order valence-electron chi connectivity index (χ0n) is 10.9. The molecule has 1 saturated heterocycles. The van der Waals surface area contributed by atoms with Gasteiger partial charge in [0.25, 0.3) is 5.91 Å². The molecule has 0 N–H and O–H groups in total. The Morgan fingerprint density at radius 1 is 1.45 bits per heavy atom. The zero-order chi connectivity index (χ0) is 13.8. The van der Waals surface area contributed by atoms with Crippen LogP contribution in [-0.4, -0.2) is 40.0 Å². The van der Waals surface area contributed by atoms with E-state index in [4.69, 9.17) is 9.15 Å². The highest BCUT2D eigenvalue weighted by Crippen LogP contribution is 2.18. The average Bonchev–Trinajstić information content (AvgIpc) is 3.02. The molecule has 0 spiro atoms. The number of aromatic nitrogens is 2. The van der Waals surface area contributed by atoms with Crippen molar-refractivity contribution < 1.29 is 13.9 Å². The summed E-state index contributed by atoms with van der Waals surface area (Å²) < 4.78 is 10.9. The SMILES string of the molecule is O=C(c1ccco1)N1CCC[C@@H](Oc2cnccn2)C1. The fourth-order valence-corrected chi connectivity index (χ4v) is 2.29. The molecule has 2 aromatic heterocycles. The first-order chi connectivity index (χ1) is 9.83. The summed E-state index contributed by atoms with van der Waals surface area (Å²) in [5.41, 5.74) is 0. The molecule has 0 aromatic carbocycles. The maximum Gasteiger partial charge on any atom is 0.289 e. The lowest BCUT2D eigenvalue weighted by molar-refractivity contribution is 0.0499. The van der Waals surface area contributed by atoms with Crippen molar-refractivity contribution in [3.63, 3.8) is 0 Å². The highest BCUT2D eigenvalue weighted by Gasteiger charge is 2.27. The van der Waals surface area contributed by atoms with E-state index in [1.165, 1.54) is 6.26 Å². The van der Waals surface area contributed by atoms with Crippen molar-refractivity contribution >= 4 is 5.91 Å². The Labute approximate surface area is 116 Å². The summed E-state index contributed by atoms with van der Waals surface area (Å²) in [5, 5.41) is 0. The minimum Gasteiger partial charge on any atom is -0.471 e. The monoisotopic (exact) mass is 273 g/mol. The van der Waals surface area contributed by atoms with Crippen molar-refractivity contribution in [2.75, 3.05) is 13.1 Å². The Hall–Kier alpha value is -2.37. The van der Waals surface area contributed by atoms with Crippen LogP contribution in [0, 0.1) is 0 Å². The van der Waals surface area contributed by atoms with Crippen LogP contribution in [0.2, 0.25) is 0 Å². The molecule has 3 rings (SSSR count). The van der Waals surface area contributed by atoms with Crippen molar-refractivity contribution in [3.05, 3.63) is 42.7 Å². The summed E-state index contributed by atoms with van der Waals surface area (Å²) in [6.07, 6.45) is 8.01. The number of piperidine rings is 1. The highest BCUT2D eigenvalue weighted by molar-refractivity contribution is 5.91. The van der Waals surface area contributed by atoms with Gasteiger partial charge in [0.15, 0.2) is 5.76 Å². The Morgan fingerprint density at radius 2 is 2.40 bits per heavy atom. The lowest BCUT2D eigenvalue weighted by atomic mass is 10.1. The van der Waals surface area contributed by atoms with E-state index in [1.807, 2.05) is 0 Å². The summed E-state index contributed by atoms with van der Waals surface area (Å²) >= 11 is 0. The second kappa shape index (κ2) is 5.73. The van der Waals surface area contributed by atoms with Crippen molar-refractivity contribution in [1.82, 2.24) is 14.9 Å². The van der Waals surface area contributed by atoms with Gasteiger partial charge in [-0.05, 0) is 25.0 Å². The van der Waals surface area contributed by atoms with Crippen LogP contribution in [-0.2, 0) is 0 Å². The average molecular weight is 273 g/mol. The quantitative estimate of drug-likeness (QED) is 0.852. The molecule has 6 heteroatoms. The minimum absolute atomic E-state index is 0.0561. The van der Waals surface area contributed by atoms with Crippen LogP contribution in [0.1, 0.15) is 23.4 Å². The molecule has 1 aliphatic heterocycles. The molecular formula is C14H15N3O3. The standard InChI is InChI=1S/C14H15N3O3/c18-14(12-4-2-8-19-12)17-7-1-3-11(10-17)20-13-9-15-5-6-16-13/h2,4-6,8-9,11H,1,3,7,10H2/t11-/m1/s1. The lowest BCUT2D eigenvalue weighted by Crippen LogP contribution is -2.44. The van der Waals surface area contributed by atoms with Gasteiger partial charge in [0.2, 0.25) is 5.88 Å². The van der Waals surface area contributed by atoms with Gasteiger partial charge in [-0.25, -0.2) is 4.98 Å². The van der Waals surface area contributed by atoms with Crippen LogP contribution in [0.25, 0.3) is 0 Å². The Kier molecular flexibility index (Phi) is 3.62. The van der Waals surface area contributed by atoms with E-state index < -0.39 is 0 Å². The molecule has 104 valence electrons. The summed E-state index contributed by atoms with van der Waals surface area (Å²) in [4.78, 5) is 22.0. The van der Waals surface area contributed by atoms with Gasteiger partial charge in [-0.15, -0.1) is 0 Å². The topological polar surface area (TPSA) is 68.5 Å². The molecule has 0 aliphatic carbocycles. The van der Waals surface area contributed by atoms with E-state index in [-0.39, 0.29) is 12.0 Å². The lowest BCUT2D eigenvalue weighted by Gasteiger charge is -2.31. The number of ether oxygens (including phenoxy) is 1. The first kappa shape index (κ1) is 12.7. The molecule has 1 amide bonds. The fourth-order valence-electron chi connectivity index (χ4n) is 2.29. The minimum atomic E-state index is -0.0950. The molecule has 1 fully saturated rings. The van der Waals surface area contributed by atoms with E-state index >= 15 is 0 Å². The zero-order valence-corrected chi connectivity index (χ0v) is 10.9. The second-order valence-electron chi connectivity index (χ2n) is 4.65. The molecule has 3 heterocycles. The number of hydrogen-bond acceptors (Lipinski definition) is 5. The number of amides is 1. The highest BCUT2D eigenvalue weighted by atomic mass is 16.5. The van der Waals surface area contributed by atoms with Crippen LogP contribution < -0.4 is 4.74 Å². The van der Waals surface area contributed by atoms with Gasteiger partial charge in [-0.3, -0.25) is 9.78 Å². The molecule has 0 saturated carbocycles. The maximum absolute atomic E-state index is 12.2. The third-order valence-electron chi connectivity index (χ3n) is 3.22. The van der Waals surface area contributed by atoms with E-state index in [9.17, 15) is 4.79 Å². The smallest absolute Gasteiger partial charge is 0.289 e. The second-order valence-corrected chi connectivity index (χ2v) is 4.65. The number of nitrogens with zero attached hydrogens (tertiary/aromatic N) is 3. The van der Waals surface area contributed by atoms with E-state index in [1.54, 1.807) is 35.6 Å². The molecule has 1 atom stereocenters. The van der Waals surface area contributed by atoms with E-state index in [0.717, 1.165) is 19.4 Å². The molecule has 20 heavy (non-hydrogen) atoms. The van der Waals surface area contributed by atoms with E-state index in [0.29, 0.717) is 18.2 Å². The van der Waals surface area contributed by atoms with Gasteiger partial charge in [-0.1, -0.05) is 0 Å². The Bertz CT molecular complexity index is 556. The number of furan rings is 1. The summed E-state index contributed by atoms with van der Waals surface area (Å²) in [7, 11) is 0.